The van der Waals surface area contributed by atoms with E-state index in [0.717, 1.165) is 17.9 Å². The van der Waals surface area contributed by atoms with Gasteiger partial charge in [-0.1, -0.05) is 11.8 Å². The molecule has 0 unspecified atom stereocenters. The number of nitrogens with zero attached hydrogens (tertiary/aromatic N) is 1. The summed E-state index contributed by atoms with van der Waals surface area (Å²) in [6.07, 6.45) is 3.17. The molecule has 106 valence electrons. The number of benzene rings is 1. The SMILES string of the molecule is COc1ccc(/C=C/C(=O)NC2=NCCS2)c(OC)c1. The maximum atomic E-state index is 11.7. The van der Waals surface area contributed by atoms with E-state index in [1.807, 2.05) is 12.1 Å². The van der Waals surface area contributed by atoms with Crippen LogP contribution in [0.25, 0.3) is 6.08 Å². The van der Waals surface area contributed by atoms with E-state index in [1.54, 1.807) is 38.1 Å². The van der Waals surface area contributed by atoms with Crippen molar-refractivity contribution in [2.75, 3.05) is 26.5 Å². The Morgan fingerprint density at radius 1 is 1.40 bits per heavy atom. The third-order valence-electron chi connectivity index (χ3n) is 2.67. The second kappa shape index (κ2) is 7.00. The van der Waals surface area contributed by atoms with Gasteiger partial charge < -0.3 is 14.8 Å². The molecule has 0 fully saturated rings. The molecule has 0 radical (unpaired) electrons. The first-order chi connectivity index (χ1) is 9.72. The summed E-state index contributed by atoms with van der Waals surface area (Å²) in [7, 11) is 3.17. The Morgan fingerprint density at radius 2 is 2.25 bits per heavy atom. The van der Waals surface area contributed by atoms with Gasteiger partial charge in [-0.15, -0.1) is 0 Å². The van der Waals surface area contributed by atoms with Gasteiger partial charge in [0, 0.05) is 23.5 Å². The predicted molar refractivity (Wildman–Crippen MR) is 81.5 cm³/mol. The highest BCUT2D eigenvalue weighted by molar-refractivity contribution is 8.14. The van der Waals surface area contributed by atoms with Gasteiger partial charge >= 0.3 is 0 Å². The highest BCUT2D eigenvalue weighted by Gasteiger charge is 2.09. The molecule has 1 N–H and O–H groups in total. The van der Waals surface area contributed by atoms with Gasteiger partial charge in [0.15, 0.2) is 5.17 Å². The topological polar surface area (TPSA) is 59.9 Å². The standard InChI is InChI=1S/C14H16N2O3S/c1-18-11-5-3-10(12(9-11)19-2)4-6-13(17)16-14-15-7-8-20-14/h3-6,9H,7-8H2,1-2H3,(H,15,16,17)/b6-4+. The summed E-state index contributed by atoms with van der Waals surface area (Å²) < 4.78 is 10.4. The molecule has 6 heteroatoms. The molecule has 1 aliphatic heterocycles. The zero-order valence-corrected chi connectivity index (χ0v) is 12.2. The predicted octanol–water partition coefficient (Wildman–Crippen LogP) is 1.94. The number of methoxy groups -OCH3 is 2. The Morgan fingerprint density at radius 3 is 2.90 bits per heavy atom. The van der Waals surface area contributed by atoms with Gasteiger partial charge in [0.05, 0.1) is 20.8 Å². The minimum absolute atomic E-state index is 0.198. The molecule has 0 saturated heterocycles. The van der Waals surface area contributed by atoms with E-state index in [0.29, 0.717) is 16.7 Å². The molecule has 20 heavy (non-hydrogen) atoms. The molecule has 0 spiro atoms. The first-order valence-corrected chi connectivity index (χ1v) is 7.10. The van der Waals surface area contributed by atoms with Crippen molar-refractivity contribution in [2.45, 2.75) is 0 Å². The van der Waals surface area contributed by atoms with E-state index in [4.69, 9.17) is 9.47 Å². The molecule has 1 aliphatic rings. The molecule has 1 aromatic carbocycles. The van der Waals surface area contributed by atoms with Gasteiger partial charge in [0.25, 0.3) is 0 Å². The number of ether oxygens (including phenoxy) is 2. The lowest BCUT2D eigenvalue weighted by Gasteiger charge is -2.07. The van der Waals surface area contributed by atoms with Crippen LogP contribution in [-0.2, 0) is 4.79 Å². The normalized spacial score (nSPS) is 14.2. The van der Waals surface area contributed by atoms with Gasteiger partial charge in [-0.2, -0.15) is 0 Å². The van der Waals surface area contributed by atoms with Crippen molar-refractivity contribution in [3.63, 3.8) is 0 Å². The summed E-state index contributed by atoms with van der Waals surface area (Å²) in [6.45, 7) is 0.760. The third kappa shape index (κ3) is 3.77. The Balaban J connectivity index is 2.04. The lowest BCUT2D eigenvalue weighted by atomic mass is 10.1. The van der Waals surface area contributed by atoms with Crippen LogP contribution in [-0.4, -0.2) is 37.6 Å². The van der Waals surface area contributed by atoms with Crippen molar-refractivity contribution in [3.8, 4) is 11.5 Å². The Kier molecular flexibility index (Phi) is 5.06. The van der Waals surface area contributed by atoms with E-state index in [2.05, 4.69) is 10.3 Å². The maximum Gasteiger partial charge on any atom is 0.249 e. The second-order valence-electron chi connectivity index (χ2n) is 3.97. The minimum atomic E-state index is -0.198. The van der Waals surface area contributed by atoms with Crippen LogP contribution in [0.2, 0.25) is 0 Å². The number of rotatable bonds is 4. The molecule has 0 aliphatic carbocycles. The average Bonchev–Trinajstić information content (AvgIpc) is 2.97. The van der Waals surface area contributed by atoms with Crippen LogP contribution in [0.4, 0.5) is 0 Å². The number of thioether (sulfide) groups is 1. The van der Waals surface area contributed by atoms with Crippen molar-refractivity contribution in [1.29, 1.82) is 0 Å². The second-order valence-corrected chi connectivity index (χ2v) is 5.05. The maximum absolute atomic E-state index is 11.7. The molecule has 1 amide bonds. The third-order valence-corrected chi connectivity index (χ3v) is 3.56. The Bertz CT molecular complexity index is 555. The largest absolute Gasteiger partial charge is 0.497 e. The average molecular weight is 292 g/mol. The minimum Gasteiger partial charge on any atom is -0.497 e. The van der Waals surface area contributed by atoms with E-state index in [-0.39, 0.29) is 5.91 Å². The summed E-state index contributed by atoms with van der Waals surface area (Å²) in [6, 6.07) is 5.43. The van der Waals surface area contributed by atoms with Gasteiger partial charge in [-0.25, -0.2) is 0 Å². The van der Waals surface area contributed by atoms with E-state index in [1.165, 1.54) is 6.08 Å². The van der Waals surface area contributed by atoms with Gasteiger partial charge in [-0.3, -0.25) is 9.79 Å². The van der Waals surface area contributed by atoms with Crippen LogP contribution in [0, 0.1) is 0 Å². The number of carbonyl (C=O) groups excluding carboxylic acids is 1. The molecule has 1 heterocycles. The summed E-state index contributed by atoms with van der Waals surface area (Å²) in [5, 5.41) is 3.41. The van der Waals surface area contributed by atoms with Crippen LogP contribution in [0.3, 0.4) is 0 Å². The molecule has 5 nitrogen and oxygen atoms in total. The van der Waals surface area contributed by atoms with E-state index in [9.17, 15) is 4.79 Å². The molecular formula is C14H16N2O3S. The number of amides is 1. The van der Waals surface area contributed by atoms with E-state index < -0.39 is 0 Å². The number of hydrogen-bond donors (Lipinski definition) is 1. The molecule has 0 atom stereocenters. The fourth-order valence-electron chi connectivity index (χ4n) is 1.68. The lowest BCUT2D eigenvalue weighted by molar-refractivity contribution is -0.115. The summed E-state index contributed by atoms with van der Waals surface area (Å²) >= 11 is 1.55. The van der Waals surface area contributed by atoms with Crippen LogP contribution in [0.5, 0.6) is 11.5 Å². The fraction of sp³-hybridized carbons (Fsp3) is 0.286. The Labute approximate surface area is 122 Å². The number of amidine groups is 1. The first kappa shape index (κ1) is 14.5. The first-order valence-electron chi connectivity index (χ1n) is 6.11. The summed E-state index contributed by atoms with van der Waals surface area (Å²) in [4.78, 5) is 15.9. The smallest absolute Gasteiger partial charge is 0.249 e. The van der Waals surface area contributed by atoms with Crippen molar-refractivity contribution in [1.82, 2.24) is 5.32 Å². The number of hydrogen-bond acceptors (Lipinski definition) is 5. The monoisotopic (exact) mass is 292 g/mol. The molecule has 1 aromatic rings. The van der Waals surface area contributed by atoms with Crippen molar-refractivity contribution in [3.05, 3.63) is 29.8 Å². The number of carbonyl (C=O) groups is 1. The van der Waals surface area contributed by atoms with Crippen molar-refractivity contribution < 1.29 is 14.3 Å². The summed E-state index contributed by atoms with van der Waals surface area (Å²) in [5.74, 6) is 2.09. The quantitative estimate of drug-likeness (QED) is 0.862. The van der Waals surface area contributed by atoms with E-state index >= 15 is 0 Å². The van der Waals surface area contributed by atoms with Crippen LogP contribution in [0.15, 0.2) is 29.3 Å². The van der Waals surface area contributed by atoms with Crippen LogP contribution in [0.1, 0.15) is 5.56 Å². The highest BCUT2D eigenvalue weighted by Crippen LogP contribution is 2.25. The zero-order valence-electron chi connectivity index (χ0n) is 11.4. The molecule has 2 rings (SSSR count). The van der Waals surface area contributed by atoms with Crippen LogP contribution >= 0.6 is 11.8 Å². The number of nitrogens with one attached hydrogen (secondary N) is 1. The van der Waals surface area contributed by atoms with Gasteiger partial charge in [0.1, 0.15) is 11.5 Å². The van der Waals surface area contributed by atoms with Crippen molar-refractivity contribution in [2.24, 2.45) is 4.99 Å². The number of aliphatic imine (C=N–C) groups is 1. The highest BCUT2D eigenvalue weighted by atomic mass is 32.2. The van der Waals surface area contributed by atoms with Gasteiger partial charge in [-0.05, 0) is 18.2 Å². The molecular weight excluding hydrogens is 276 g/mol. The zero-order chi connectivity index (χ0) is 14.4. The van der Waals surface area contributed by atoms with Crippen LogP contribution < -0.4 is 14.8 Å². The molecule has 0 aromatic heterocycles. The van der Waals surface area contributed by atoms with Crippen molar-refractivity contribution >= 4 is 28.9 Å². The lowest BCUT2D eigenvalue weighted by Crippen LogP contribution is -2.25. The fourth-order valence-corrected chi connectivity index (χ4v) is 2.41. The molecule has 0 bridgehead atoms. The van der Waals surface area contributed by atoms with Gasteiger partial charge in [0.2, 0.25) is 5.91 Å². The molecule has 0 saturated carbocycles. The Hall–Kier alpha value is -1.95. The summed E-state index contributed by atoms with van der Waals surface area (Å²) in [5.41, 5.74) is 0.810.